The van der Waals surface area contributed by atoms with Gasteiger partial charge in [-0.1, -0.05) is 6.92 Å². The van der Waals surface area contributed by atoms with Crippen molar-refractivity contribution in [2.45, 2.75) is 27.2 Å². The van der Waals surface area contributed by atoms with Crippen LogP contribution in [-0.2, 0) is 9.53 Å². The van der Waals surface area contributed by atoms with Gasteiger partial charge in [0, 0.05) is 6.54 Å². The smallest absolute Gasteiger partial charge is 0.325 e. The first-order valence-electron chi connectivity index (χ1n) is 5.58. The molecular weight excluding hydrogens is 220 g/mol. The Morgan fingerprint density at radius 3 is 2.53 bits per heavy atom. The summed E-state index contributed by atoms with van der Waals surface area (Å²) in [4.78, 5) is 17.4. The molecule has 94 valence electrons. The van der Waals surface area contributed by atoms with Crippen molar-refractivity contribution >= 4 is 11.9 Å². The van der Waals surface area contributed by atoms with Crippen LogP contribution < -0.4 is 4.90 Å². The van der Waals surface area contributed by atoms with E-state index in [1.54, 1.807) is 4.90 Å². The molecule has 6 nitrogen and oxygen atoms in total. The molecule has 0 bridgehead atoms. The number of esters is 1. The highest BCUT2D eigenvalue weighted by molar-refractivity contribution is 5.74. The Morgan fingerprint density at radius 2 is 2.00 bits per heavy atom. The van der Waals surface area contributed by atoms with E-state index in [0.29, 0.717) is 12.5 Å². The molecule has 0 atom stereocenters. The molecule has 17 heavy (non-hydrogen) atoms. The first-order valence-corrected chi connectivity index (χ1v) is 5.58. The van der Waals surface area contributed by atoms with Crippen LogP contribution in [0.3, 0.4) is 0 Å². The first-order chi connectivity index (χ1) is 8.08. The number of methoxy groups -OCH3 is 1. The molecule has 1 aromatic heterocycles. The van der Waals surface area contributed by atoms with Crippen LogP contribution in [0.15, 0.2) is 0 Å². The van der Waals surface area contributed by atoms with Gasteiger partial charge in [0.15, 0.2) is 0 Å². The summed E-state index contributed by atoms with van der Waals surface area (Å²) < 4.78 is 4.65. The summed E-state index contributed by atoms with van der Waals surface area (Å²) >= 11 is 0. The second kappa shape index (κ2) is 6.12. The molecule has 0 aliphatic heterocycles. The van der Waals surface area contributed by atoms with Gasteiger partial charge in [0.2, 0.25) is 5.95 Å². The van der Waals surface area contributed by atoms with Gasteiger partial charge in [0.05, 0.1) is 18.5 Å². The predicted molar refractivity (Wildman–Crippen MR) is 63.8 cm³/mol. The van der Waals surface area contributed by atoms with E-state index in [1.807, 2.05) is 20.8 Å². The Kier molecular flexibility index (Phi) is 4.81. The first kappa shape index (κ1) is 13.3. The maximum Gasteiger partial charge on any atom is 0.325 e. The summed E-state index contributed by atoms with van der Waals surface area (Å²) in [7, 11) is 1.37. The maximum atomic E-state index is 11.3. The third kappa shape index (κ3) is 3.65. The lowest BCUT2D eigenvalue weighted by Gasteiger charge is -2.20. The minimum atomic E-state index is -0.305. The lowest BCUT2D eigenvalue weighted by molar-refractivity contribution is -0.138. The number of nitrogens with zero attached hydrogens (tertiary/aromatic N) is 4. The number of hydrogen-bond donors (Lipinski definition) is 0. The topological polar surface area (TPSA) is 68.2 Å². The van der Waals surface area contributed by atoms with Gasteiger partial charge >= 0.3 is 5.97 Å². The third-order valence-electron chi connectivity index (χ3n) is 2.40. The van der Waals surface area contributed by atoms with Crippen LogP contribution in [0.5, 0.6) is 0 Å². The van der Waals surface area contributed by atoms with E-state index < -0.39 is 0 Å². The zero-order valence-electron chi connectivity index (χ0n) is 10.7. The van der Waals surface area contributed by atoms with Crippen molar-refractivity contribution in [2.75, 3.05) is 25.1 Å². The molecular formula is C11H18N4O2. The van der Waals surface area contributed by atoms with Crippen molar-refractivity contribution in [1.82, 2.24) is 15.2 Å². The monoisotopic (exact) mass is 238 g/mol. The summed E-state index contributed by atoms with van der Waals surface area (Å²) in [6.45, 7) is 6.59. The van der Waals surface area contributed by atoms with Crippen LogP contribution in [-0.4, -0.2) is 41.3 Å². The second-order valence-corrected chi connectivity index (χ2v) is 3.78. The van der Waals surface area contributed by atoms with Gasteiger partial charge in [-0.05, 0) is 20.3 Å². The number of anilines is 1. The van der Waals surface area contributed by atoms with E-state index >= 15 is 0 Å². The van der Waals surface area contributed by atoms with Crippen molar-refractivity contribution in [1.29, 1.82) is 0 Å². The number of aryl methyl sites for hydroxylation is 2. The maximum absolute atomic E-state index is 11.3. The number of aromatic nitrogens is 3. The fourth-order valence-electron chi connectivity index (χ4n) is 1.32. The van der Waals surface area contributed by atoms with Gasteiger partial charge in [-0.3, -0.25) is 4.79 Å². The molecule has 0 saturated heterocycles. The van der Waals surface area contributed by atoms with Crippen LogP contribution in [0.4, 0.5) is 5.95 Å². The fraction of sp³-hybridized carbons (Fsp3) is 0.636. The third-order valence-corrected chi connectivity index (χ3v) is 2.40. The molecule has 0 radical (unpaired) electrons. The number of carbonyl (C=O) groups excluding carboxylic acids is 1. The van der Waals surface area contributed by atoms with Gasteiger partial charge in [-0.25, -0.2) is 4.98 Å². The summed E-state index contributed by atoms with van der Waals surface area (Å²) in [5, 5.41) is 8.01. The van der Waals surface area contributed by atoms with E-state index in [9.17, 15) is 4.79 Å². The van der Waals surface area contributed by atoms with E-state index in [4.69, 9.17) is 0 Å². The van der Waals surface area contributed by atoms with E-state index in [0.717, 1.165) is 17.8 Å². The van der Waals surface area contributed by atoms with Crippen molar-refractivity contribution in [3.8, 4) is 0 Å². The molecule has 0 N–H and O–H groups in total. The van der Waals surface area contributed by atoms with Crippen LogP contribution in [0.25, 0.3) is 0 Å². The fourth-order valence-corrected chi connectivity index (χ4v) is 1.32. The molecule has 1 aromatic rings. The Labute approximate surface area is 101 Å². The highest BCUT2D eigenvalue weighted by Crippen LogP contribution is 2.08. The SMILES string of the molecule is CCCN(CC(=O)OC)c1nnc(C)c(C)n1. The summed E-state index contributed by atoms with van der Waals surface area (Å²) in [5.74, 6) is 0.167. The number of rotatable bonds is 5. The average Bonchev–Trinajstić information content (AvgIpc) is 2.32. The van der Waals surface area contributed by atoms with E-state index in [2.05, 4.69) is 19.9 Å². The van der Waals surface area contributed by atoms with Crippen molar-refractivity contribution in [3.63, 3.8) is 0 Å². The zero-order valence-corrected chi connectivity index (χ0v) is 10.7. The predicted octanol–water partition coefficient (Wildman–Crippen LogP) is 0.878. The number of carbonyl (C=O) groups is 1. The summed E-state index contributed by atoms with van der Waals surface area (Å²) in [6.07, 6.45) is 0.896. The molecule has 0 aliphatic rings. The number of hydrogen-bond acceptors (Lipinski definition) is 6. The van der Waals surface area contributed by atoms with E-state index in [-0.39, 0.29) is 12.5 Å². The Morgan fingerprint density at radius 1 is 1.29 bits per heavy atom. The highest BCUT2D eigenvalue weighted by atomic mass is 16.5. The van der Waals surface area contributed by atoms with Gasteiger partial charge in [-0.15, -0.1) is 5.10 Å². The molecule has 0 aliphatic carbocycles. The molecule has 0 fully saturated rings. The van der Waals surface area contributed by atoms with Gasteiger partial charge < -0.3 is 9.64 Å². The van der Waals surface area contributed by atoms with Crippen LogP contribution in [0.1, 0.15) is 24.7 Å². The van der Waals surface area contributed by atoms with Crippen molar-refractivity contribution < 1.29 is 9.53 Å². The standard InChI is InChI=1S/C11H18N4O2/c1-5-6-15(7-10(16)17-4)11-12-8(2)9(3)13-14-11/h5-7H2,1-4H3. The van der Waals surface area contributed by atoms with Crippen LogP contribution in [0, 0.1) is 13.8 Å². The minimum Gasteiger partial charge on any atom is -0.468 e. The second-order valence-electron chi connectivity index (χ2n) is 3.78. The quantitative estimate of drug-likeness (QED) is 0.709. The molecule has 6 heteroatoms. The van der Waals surface area contributed by atoms with Crippen molar-refractivity contribution in [3.05, 3.63) is 11.4 Å². The Balaban J connectivity index is 2.88. The van der Waals surface area contributed by atoms with E-state index in [1.165, 1.54) is 7.11 Å². The molecule has 0 spiro atoms. The van der Waals surface area contributed by atoms with Gasteiger partial charge in [0.25, 0.3) is 0 Å². The van der Waals surface area contributed by atoms with Crippen LogP contribution >= 0.6 is 0 Å². The molecule has 1 heterocycles. The zero-order chi connectivity index (χ0) is 12.8. The molecule has 0 unspecified atom stereocenters. The summed E-state index contributed by atoms with van der Waals surface area (Å²) in [6, 6.07) is 0. The normalized spacial score (nSPS) is 10.1. The summed E-state index contributed by atoms with van der Waals surface area (Å²) in [5.41, 5.74) is 1.62. The highest BCUT2D eigenvalue weighted by Gasteiger charge is 2.14. The van der Waals surface area contributed by atoms with Gasteiger partial charge in [0.1, 0.15) is 6.54 Å². The van der Waals surface area contributed by atoms with Crippen LogP contribution in [0.2, 0.25) is 0 Å². The Bertz CT molecular complexity index is 395. The Hall–Kier alpha value is -1.72. The molecule has 0 aromatic carbocycles. The molecule has 0 amide bonds. The lowest BCUT2D eigenvalue weighted by Crippen LogP contribution is -2.33. The van der Waals surface area contributed by atoms with Crippen molar-refractivity contribution in [2.24, 2.45) is 0 Å². The van der Waals surface area contributed by atoms with Gasteiger partial charge in [-0.2, -0.15) is 5.10 Å². The minimum absolute atomic E-state index is 0.147. The largest absolute Gasteiger partial charge is 0.468 e. The molecule has 0 saturated carbocycles. The number of ether oxygens (including phenoxy) is 1. The average molecular weight is 238 g/mol. The molecule has 1 rings (SSSR count). The lowest BCUT2D eigenvalue weighted by atomic mass is 10.4.